The average Bonchev–Trinajstić information content (AvgIpc) is 2.98. The highest BCUT2D eigenvalue weighted by Gasteiger charge is 2.36. The van der Waals surface area contributed by atoms with E-state index in [-0.39, 0.29) is 5.97 Å². The maximum absolute atomic E-state index is 10.6. The van der Waals surface area contributed by atoms with Gasteiger partial charge in [0.1, 0.15) is 0 Å². The second kappa shape index (κ2) is 4.52. The van der Waals surface area contributed by atoms with Crippen LogP contribution < -0.4 is 0 Å². The molecule has 16 heavy (non-hydrogen) atoms. The zero-order valence-electron chi connectivity index (χ0n) is 9.64. The molecule has 1 aromatic carbocycles. The Labute approximate surface area is 95.9 Å². The van der Waals surface area contributed by atoms with E-state index in [2.05, 4.69) is 31.2 Å². The minimum absolute atomic E-state index is 0.260. The third-order valence-corrected chi connectivity index (χ3v) is 2.91. The van der Waals surface area contributed by atoms with Gasteiger partial charge < -0.3 is 4.74 Å². The van der Waals surface area contributed by atoms with E-state index in [1.807, 2.05) is 6.08 Å². The summed E-state index contributed by atoms with van der Waals surface area (Å²) in [5, 5.41) is 0. The molecule has 0 spiro atoms. The molecule has 0 radical (unpaired) electrons. The standard InChI is InChI=1S/C14H16O2/c1-10-3-5-12(6-4-10)14-9-13(14)7-8-16-11(2)15/h3-8,13-14H,9H2,1-2H3/b8-7-/t13-,14+/m0/s1. The van der Waals surface area contributed by atoms with E-state index in [0.717, 1.165) is 6.42 Å². The minimum atomic E-state index is -0.260. The maximum Gasteiger partial charge on any atom is 0.307 e. The molecule has 0 amide bonds. The molecule has 1 fully saturated rings. The summed E-state index contributed by atoms with van der Waals surface area (Å²) in [5.74, 6) is 0.873. The smallest absolute Gasteiger partial charge is 0.307 e. The summed E-state index contributed by atoms with van der Waals surface area (Å²) in [5.41, 5.74) is 2.67. The van der Waals surface area contributed by atoms with Crippen molar-refractivity contribution >= 4 is 5.97 Å². The van der Waals surface area contributed by atoms with Crippen molar-refractivity contribution in [3.05, 3.63) is 47.7 Å². The zero-order chi connectivity index (χ0) is 11.5. The third kappa shape index (κ3) is 2.72. The normalized spacial score (nSPS) is 23.4. The Hall–Kier alpha value is -1.57. The number of ether oxygens (including phenoxy) is 1. The van der Waals surface area contributed by atoms with Gasteiger partial charge in [0.25, 0.3) is 0 Å². The molecular weight excluding hydrogens is 200 g/mol. The highest BCUT2D eigenvalue weighted by molar-refractivity contribution is 5.66. The second-order valence-electron chi connectivity index (χ2n) is 4.35. The largest absolute Gasteiger partial charge is 0.435 e. The SMILES string of the molecule is CC(=O)O/C=C\[C@H]1C[C@@H]1c1ccc(C)cc1. The van der Waals surface area contributed by atoms with Crippen molar-refractivity contribution in [3.8, 4) is 0 Å². The molecule has 0 aliphatic heterocycles. The number of carbonyl (C=O) groups is 1. The van der Waals surface area contributed by atoms with Crippen LogP contribution in [-0.4, -0.2) is 5.97 Å². The Balaban J connectivity index is 1.89. The molecule has 0 heterocycles. The van der Waals surface area contributed by atoms with Crippen LogP contribution in [0.3, 0.4) is 0 Å². The third-order valence-electron chi connectivity index (χ3n) is 2.91. The van der Waals surface area contributed by atoms with Gasteiger partial charge in [0.05, 0.1) is 6.26 Å². The molecule has 2 rings (SSSR count). The number of rotatable bonds is 3. The van der Waals surface area contributed by atoms with E-state index in [1.165, 1.54) is 24.3 Å². The Morgan fingerprint density at radius 2 is 2.06 bits per heavy atom. The molecule has 84 valence electrons. The van der Waals surface area contributed by atoms with Gasteiger partial charge in [-0.15, -0.1) is 0 Å². The zero-order valence-corrected chi connectivity index (χ0v) is 9.64. The molecule has 0 saturated heterocycles. The number of benzene rings is 1. The van der Waals surface area contributed by atoms with Crippen LogP contribution in [0.2, 0.25) is 0 Å². The number of aryl methyl sites for hydroxylation is 1. The first-order valence-electron chi connectivity index (χ1n) is 5.57. The quantitative estimate of drug-likeness (QED) is 0.573. The highest BCUT2D eigenvalue weighted by Crippen LogP contribution is 2.48. The van der Waals surface area contributed by atoms with Crippen molar-refractivity contribution in [2.45, 2.75) is 26.2 Å². The predicted molar refractivity (Wildman–Crippen MR) is 62.9 cm³/mol. The van der Waals surface area contributed by atoms with Gasteiger partial charge in [-0.25, -0.2) is 0 Å². The lowest BCUT2D eigenvalue weighted by Crippen LogP contribution is -1.89. The van der Waals surface area contributed by atoms with Gasteiger partial charge in [-0.3, -0.25) is 4.79 Å². The van der Waals surface area contributed by atoms with Gasteiger partial charge in [-0.2, -0.15) is 0 Å². The molecule has 1 saturated carbocycles. The van der Waals surface area contributed by atoms with E-state index in [0.29, 0.717) is 11.8 Å². The summed E-state index contributed by atoms with van der Waals surface area (Å²) in [7, 11) is 0. The average molecular weight is 216 g/mol. The van der Waals surface area contributed by atoms with Gasteiger partial charge in [0, 0.05) is 6.92 Å². The fourth-order valence-corrected chi connectivity index (χ4v) is 1.86. The molecule has 1 aliphatic rings. The van der Waals surface area contributed by atoms with Crippen LogP contribution >= 0.6 is 0 Å². The first-order valence-corrected chi connectivity index (χ1v) is 5.57. The maximum atomic E-state index is 10.6. The summed E-state index contributed by atoms with van der Waals surface area (Å²) >= 11 is 0. The molecule has 2 heteroatoms. The van der Waals surface area contributed by atoms with Crippen LogP contribution in [0.4, 0.5) is 0 Å². The number of carbonyl (C=O) groups excluding carboxylic acids is 1. The van der Waals surface area contributed by atoms with Crippen molar-refractivity contribution in [2.24, 2.45) is 5.92 Å². The molecule has 1 aliphatic carbocycles. The van der Waals surface area contributed by atoms with Crippen LogP contribution in [0, 0.1) is 12.8 Å². The van der Waals surface area contributed by atoms with E-state index >= 15 is 0 Å². The molecule has 0 unspecified atom stereocenters. The molecule has 2 nitrogen and oxygen atoms in total. The Bertz CT molecular complexity index is 403. The summed E-state index contributed by atoms with van der Waals surface area (Å²) in [6.07, 6.45) is 4.65. The predicted octanol–water partition coefficient (Wildman–Crippen LogP) is 3.18. The van der Waals surface area contributed by atoms with Crippen molar-refractivity contribution in [1.29, 1.82) is 0 Å². The number of esters is 1. The molecule has 0 aromatic heterocycles. The summed E-state index contributed by atoms with van der Waals surface area (Å²) in [6.45, 7) is 3.50. The topological polar surface area (TPSA) is 26.3 Å². The van der Waals surface area contributed by atoms with Crippen LogP contribution in [0.1, 0.15) is 30.4 Å². The van der Waals surface area contributed by atoms with Crippen LogP contribution in [-0.2, 0) is 9.53 Å². The van der Waals surface area contributed by atoms with Crippen molar-refractivity contribution in [1.82, 2.24) is 0 Å². The van der Waals surface area contributed by atoms with Gasteiger partial charge >= 0.3 is 5.97 Å². The minimum Gasteiger partial charge on any atom is -0.435 e. The van der Waals surface area contributed by atoms with Crippen LogP contribution in [0.5, 0.6) is 0 Å². The van der Waals surface area contributed by atoms with E-state index in [4.69, 9.17) is 4.74 Å². The van der Waals surface area contributed by atoms with E-state index in [9.17, 15) is 4.79 Å². The fourth-order valence-electron chi connectivity index (χ4n) is 1.86. The lowest BCUT2D eigenvalue weighted by atomic mass is 10.1. The van der Waals surface area contributed by atoms with Gasteiger partial charge in [0.15, 0.2) is 0 Å². The Morgan fingerprint density at radius 1 is 1.38 bits per heavy atom. The highest BCUT2D eigenvalue weighted by atomic mass is 16.5. The lowest BCUT2D eigenvalue weighted by molar-refractivity contribution is -0.135. The Kier molecular flexibility index (Phi) is 3.09. The monoisotopic (exact) mass is 216 g/mol. The summed E-state index contributed by atoms with van der Waals surface area (Å²) < 4.78 is 4.78. The Morgan fingerprint density at radius 3 is 2.69 bits per heavy atom. The van der Waals surface area contributed by atoms with Gasteiger partial charge in [0.2, 0.25) is 0 Å². The van der Waals surface area contributed by atoms with Crippen molar-refractivity contribution in [2.75, 3.05) is 0 Å². The first kappa shape index (κ1) is 10.9. The molecule has 2 atom stereocenters. The molecular formula is C14H16O2. The summed E-state index contributed by atoms with van der Waals surface area (Å²) in [4.78, 5) is 10.6. The van der Waals surface area contributed by atoms with Crippen molar-refractivity contribution in [3.63, 3.8) is 0 Å². The molecule has 1 aromatic rings. The van der Waals surface area contributed by atoms with Crippen molar-refractivity contribution < 1.29 is 9.53 Å². The van der Waals surface area contributed by atoms with Gasteiger partial charge in [-0.05, 0) is 36.8 Å². The lowest BCUT2D eigenvalue weighted by Gasteiger charge is -1.98. The number of allylic oxidation sites excluding steroid dienone is 1. The second-order valence-corrected chi connectivity index (χ2v) is 4.35. The van der Waals surface area contributed by atoms with Crippen LogP contribution in [0.25, 0.3) is 0 Å². The summed E-state index contributed by atoms with van der Waals surface area (Å²) in [6, 6.07) is 8.64. The van der Waals surface area contributed by atoms with Gasteiger partial charge in [-0.1, -0.05) is 29.8 Å². The van der Waals surface area contributed by atoms with E-state index < -0.39 is 0 Å². The fraction of sp³-hybridized carbons (Fsp3) is 0.357. The first-order chi connectivity index (χ1) is 7.66. The number of hydrogen-bond donors (Lipinski definition) is 0. The number of hydrogen-bond acceptors (Lipinski definition) is 2. The van der Waals surface area contributed by atoms with Crippen LogP contribution in [0.15, 0.2) is 36.6 Å². The molecule has 0 bridgehead atoms. The molecule has 0 N–H and O–H groups in total. The van der Waals surface area contributed by atoms with E-state index in [1.54, 1.807) is 0 Å².